The second-order valence-electron chi connectivity index (χ2n) is 9.08. The minimum atomic E-state index is -2.49. The van der Waals surface area contributed by atoms with E-state index in [9.17, 15) is 0 Å². The average Bonchev–Trinajstić information content (AvgIpc) is 3.24. The summed E-state index contributed by atoms with van der Waals surface area (Å²) in [6, 6.07) is 27.7. The van der Waals surface area contributed by atoms with Gasteiger partial charge in [-0.25, -0.2) is 5.20 Å². The summed E-state index contributed by atoms with van der Waals surface area (Å²) in [6.45, 7) is 11.3. The zero-order valence-electron chi connectivity index (χ0n) is 21.2. The van der Waals surface area contributed by atoms with Crippen molar-refractivity contribution in [2.24, 2.45) is 5.92 Å². The number of hydrogen-bond donors (Lipinski definition) is 0. The molecule has 5 heteroatoms. The van der Waals surface area contributed by atoms with Crippen molar-refractivity contribution in [1.82, 2.24) is 0 Å². The third-order valence-corrected chi connectivity index (χ3v) is 11.5. The Labute approximate surface area is 246 Å². The summed E-state index contributed by atoms with van der Waals surface area (Å²) in [6.07, 6.45) is 8.41. The summed E-state index contributed by atoms with van der Waals surface area (Å²) >= 11 is 0. The predicted octanol–water partition coefficient (Wildman–Crippen LogP) is 6.99. The van der Waals surface area contributed by atoms with Crippen molar-refractivity contribution in [3.8, 4) is 0 Å². The number of hydrogen-bond acceptors (Lipinski definition) is 0. The Bertz CT molecular complexity index is 1060. The molecule has 0 aliphatic heterocycles. The molecule has 35 heavy (non-hydrogen) atoms. The Morgan fingerprint density at radius 2 is 1.14 bits per heavy atom. The average molecular weight is 579 g/mol. The first-order valence-electron chi connectivity index (χ1n) is 11.5. The molecule has 0 radical (unpaired) electrons. The summed E-state index contributed by atoms with van der Waals surface area (Å²) in [5, 5.41) is 5.86. The molecule has 0 N–H and O–H groups in total. The van der Waals surface area contributed by atoms with Crippen molar-refractivity contribution in [1.29, 1.82) is 0 Å². The van der Waals surface area contributed by atoms with Crippen LogP contribution in [0.5, 0.6) is 0 Å². The fraction of sp³-hybridized carbons (Fsp3) is 0.267. The summed E-state index contributed by atoms with van der Waals surface area (Å²) in [4.78, 5) is 0. The van der Waals surface area contributed by atoms with Crippen LogP contribution in [0.3, 0.4) is 0 Å². The van der Waals surface area contributed by atoms with Gasteiger partial charge in [0.2, 0.25) is 0 Å². The second-order valence-corrected chi connectivity index (χ2v) is 12.8. The van der Waals surface area contributed by atoms with Gasteiger partial charge in [-0.2, -0.15) is 11.6 Å². The van der Waals surface area contributed by atoms with Gasteiger partial charge in [-0.3, -0.25) is 6.08 Å². The number of allylic oxidation sites excluding steroid dienone is 4. The quantitative estimate of drug-likeness (QED) is 0.168. The van der Waals surface area contributed by atoms with Gasteiger partial charge in [-0.05, 0) is 36.3 Å². The standard InChI is InChI=1S/C30H33Si.3ClH.Ti/c1-6-25(5)29-17-10-18-30(29)31(26-14-7-11-22(2)19-26,27-15-8-12-23(3)20-27)28-16-9-13-24(4)21-28;;;;/h7-9,11-17,19-21,25H,6,10H2,1-5H3;3*1H;/q-1;;;;. The van der Waals surface area contributed by atoms with Crippen molar-refractivity contribution in [3.63, 3.8) is 0 Å². The van der Waals surface area contributed by atoms with Gasteiger partial charge in [0.15, 0.2) is 0 Å². The minimum Gasteiger partial charge on any atom is -0.272 e. The third-order valence-electron chi connectivity index (χ3n) is 6.76. The fourth-order valence-electron chi connectivity index (χ4n) is 5.05. The first-order chi connectivity index (χ1) is 15.0. The van der Waals surface area contributed by atoms with Crippen LogP contribution in [0.25, 0.3) is 0 Å². The maximum Gasteiger partial charge on any atom is 0.144 e. The molecule has 1 unspecified atom stereocenters. The summed E-state index contributed by atoms with van der Waals surface area (Å²) < 4.78 is 0. The van der Waals surface area contributed by atoms with E-state index in [-0.39, 0.29) is 58.9 Å². The fourth-order valence-corrected chi connectivity index (χ4v) is 10.4. The van der Waals surface area contributed by atoms with Gasteiger partial charge in [-0.15, -0.1) is 43.6 Å². The van der Waals surface area contributed by atoms with E-state index in [1.165, 1.54) is 43.0 Å². The van der Waals surface area contributed by atoms with Gasteiger partial charge < -0.3 is 0 Å². The van der Waals surface area contributed by atoms with Gasteiger partial charge in [-0.1, -0.05) is 116 Å². The molecule has 4 rings (SSSR count). The Morgan fingerprint density at radius 1 is 0.743 bits per heavy atom. The van der Waals surface area contributed by atoms with E-state index in [1.807, 2.05) is 0 Å². The van der Waals surface area contributed by atoms with Gasteiger partial charge >= 0.3 is 0 Å². The molecule has 0 aromatic heterocycles. The van der Waals surface area contributed by atoms with E-state index < -0.39 is 8.07 Å². The number of aryl methyl sites for hydroxylation is 3. The number of benzene rings is 3. The first-order valence-corrected chi connectivity index (χ1v) is 13.5. The molecule has 1 aliphatic carbocycles. The monoisotopic (exact) mass is 577 g/mol. The maximum absolute atomic E-state index is 3.90. The summed E-state index contributed by atoms with van der Waals surface area (Å²) in [5.74, 6) is 0.538. The molecule has 1 aliphatic rings. The van der Waals surface area contributed by atoms with E-state index >= 15 is 0 Å². The molecule has 0 nitrogen and oxygen atoms in total. The van der Waals surface area contributed by atoms with Crippen LogP contribution in [0.15, 0.2) is 89.6 Å². The molecule has 0 saturated heterocycles. The molecular weight excluding hydrogens is 543 g/mol. The molecule has 0 fully saturated rings. The molecule has 0 heterocycles. The van der Waals surface area contributed by atoms with Crippen molar-refractivity contribution >= 4 is 60.9 Å². The first kappa shape index (κ1) is 33.9. The van der Waals surface area contributed by atoms with Crippen LogP contribution < -0.4 is 15.6 Å². The SMILES string of the molecule is CCC(C)C1=CC[C-]=C1[Si](c1cccc(C)c1)(c1cccc(C)c1)c1cccc(C)c1.Cl.Cl.Cl.[Ti]. The number of rotatable bonds is 6. The molecule has 1 atom stereocenters. The Morgan fingerprint density at radius 3 is 1.49 bits per heavy atom. The molecule has 0 saturated carbocycles. The molecule has 0 bridgehead atoms. The van der Waals surface area contributed by atoms with Gasteiger partial charge in [0.1, 0.15) is 8.07 Å². The van der Waals surface area contributed by atoms with Gasteiger partial charge in [0.25, 0.3) is 0 Å². The van der Waals surface area contributed by atoms with Crippen LogP contribution in [0.4, 0.5) is 0 Å². The van der Waals surface area contributed by atoms with Crippen molar-refractivity contribution in [2.75, 3.05) is 0 Å². The summed E-state index contributed by atoms with van der Waals surface area (Å²) in [5.41, 5.74) is 5.48. The van der Waals surface area contributed by atoms with Crippen molar-refractivity contribution in [3.05, 3.63) is 112 Å². The smallest absolute Gasteiger partial charge is 0.144 e. The summed E-state index contributed by atoms with van der Waals surface area (Å²) in [7, 11) is -2.49. The zero-order valence-corrected chi connectivity index (χ0v) is 26.2. The Kier molecular flexibility index (Phi) is 14.2. The van der Waals surface area contributed by atoms with Crippen molar-refractivity contribution in [2.45, 2.75) is 47.5 Å². The van der Waals surface area contributed by atoms with E-state index in [2.05, 4.69) is 120 Å². The van der Waals surface area contributed by atoms with E-state index in [0.29, 0.717) is 5.92 Å². The Hall–Kier alpha value is -1.06. The van der Waals surface area contributed by atoms with Crippen LogP contribution in [0.2, 0.25) is 0 Å². The van der Waals surface area contributed by atoms with E-state index in [4.69, 9.17) is 0 Å². The normalized spacial score (nSPS) is 13.2. The third kappa shape index (κ3) is 6.64. The molecule has 0 amide bonds. The van der Waals surface area contributed by atoms with Gasteiger partial charge in [0, 0.05) is 21.7 Å². The van der Waals surface area contributed by atoms with E-state index in [0.717, 1.165) is 12.8 Å². The molecule has 0 spiro atoms. The molecule has 3 aromatic carbocycles. The topological polar surface area (TPSA) is 0 Å². The zero-order chi connectivity index (χ0) is 22.0. The Balaban J connectivity index is 0.00000289. The van der Waals surface area contributed by atoms with Crippen LogP contribution >= 0.6 is 37.2 Å². The predicted molar refractivity (Wildman–Crippen MR) is 159 cm³/mol. The van der Waals surface area contributed by atoms with Crippen LogP contribution in [0, 0.1) is 32.8 Å². The molecule has 3 aromatic rings. The van der Waals surface area contributed by atoms with Crippen LogP contribution in [-0.4, -0.2) is 8.07 Å². The van der Waals surface area contributed by atoms with E-state index in [1.54, 1.807) is 0 Å². The molecule has 186 valence electrons. The second kappa shape index (κ2) is 14.6. The largest absolute Gasteiger partial charge is 0.272 e. The van der Waals surface area contributed by atoms with Gasteiger partial charge in [0.05, 0.1) is 0 Å². The number of halogens is 3. The molecular formula is C30H36Cl3SiTi-. The van der Waals surface area contributed by atoms with Crippen LogP contribution in [-0.2, 0) is 21.7 Å². The maximum atomic E-state index is 3.90. The minimum absolute atomic E-state index is 0. The van der Waals surface area contributed by atoms with Crippen molar-refractivity contribution < 1.29 is 21.7 Å². The van der Waals surface area contributed by atoms with Crippen LogP contribution in [0.1, 0.15) is 43.4 Å².